The molecule has 1 aromatic rings. The maximum Gasteiger partial charge on any atom is 0.191 e. The standard InChI is InChI=1S/C16H31N5.HI/c1-13(2)7-8-15(4)20-16(17-5)18-11-14(3)12-21-10-6-9-19-21;/h6,9-10,13-15H,7-8,11-12H2,1-5H3,(H2,17,18,20);1H. The van der Waals surface area contributed by atoms with Crippen molar-refractivity contribution in [2.75, 3.05) is 13.6 Å². The first kappa shape index (κ1) is 21.2. The molecule has 1 heterocycles. The van der Waals surface area contributed by atoms with Gasteiger partial charge in [-0.05, 0) is 37.7 Å². The number of guanidine groups is 1. The summed E-state index contributed by atoms with van der Waals surface area (Å²) in [6.07, 6.45) is 6.22. The SMILES string of the molecule is CN=C(NCC(C)Cn1cccn1)NC(C)CCC(C)C.I. The molecular weight excluding hydrogens is 389 g/mol. The minimum Gasteiger partial charge on any atom is -0.356 e. The van der Waals surface area contributed by atoms with Gasteiger partial charge in [0.2, 0.25) is 0 Å². The highest BCUT2D eigenvalue weighted by molar-refractivity contribution is 14.0. The Hall–Kier alpha value is -0.790. The number of nitrogens with zero attached hydrogens (tertiary/aromatic N) is 3. The third kappa shape index (κ3) is 9.27. The van der Waals surface area contributed by atoms with E-state index in [1.54, 1.807) is 0 Å². The van der Waals surface area contributed by atoms with Crippen molar-refractivity contribution in [1.82, 2.24) is 20.4 Å². The number of rotatable bonds is 8. The van der Waals surface area contributed by atoms with Gasteiger partial charge in [-0.25, -0.2) is 0 Å². The van der Waals surface area contributed by atoms with E-state index in [0.29, 0.717) is 12.0 Å². The van der Waals surface area contributed by atoms with Crippen LogP contribution in [0.3, 0.4) is 0 Å². The average Bonchev–Trinajstić information content (AvgIpc) is 2.93. The second-order valence-corrected chi connectivity index (χ2v) is 6.30. The summed E-state index contributed by atoms with van der Waals surface area (Å²) in [5.41, 5.74) is 0. The number of aromatic nitrogens is 2. The molecule has 1 aromatic heterocycles. The predicted molar refractivity (Wildman–Crippen MR) is 105 cm³/mol. The van der Waals surface area contributed by atoms with E-state index in [2.05, 4.69) is 48.4 Å². The van der Waals surface area contributed by atoms with E-state index in [4.69, 9.17) is 0 Å². The predicted octanol–water partition coefficient (Wildman–Crippen LogP) is 3.13. The zero-order valence-corrected chi connectivity index (χ0v) is 16.9. The van der Waals surface area contributed by atoms with E-state index in [9.17, 15) is 0 Å². The zero-order valence-electron chi connectivity index (χ0n) is 14.5. The molecule has 0 amide bonds. The molecule has 128 valence electrons. The summed E-state index contributed by atoms with van der Waals surface area (Å²) in [6, 6.07) is 2.40. The van der Waals surface area contributed by atoms with E-state index in [1.165, 1.54) is 12.8 Å². The molecule has 22 heavy (non-hydrogen) atoms. The molecule has 0 bridgehead atoms. The molecule has 0 saturated carbocycles. The zero-order chi connectivity index (χ0) is 15.7. The molecule has 1 rings (SSSR count). The lowest BCUT2D eigenvalue weighted by molar-refractivity contribution is 0.439. The fourth-order valence-corrected chi connectivity index (χ4v) is 2.15. The first-order valence-electron chi connectivity index (χ1n) is 7.95. The van der Waals surface area contributed by atoms with Crippen LogP contribution >= 0.6 is 24.0 Å². The van der Waals surface area contributed by atoms with E-state index >= 15 is 0 Å². The van der Waals surface area contributed by atoms with Gasteiger partial charge in [-0.2, -0.15) is 5.10 Å². The van der Waals surface area contributed by atoms with Crippen molar-refractivity contribution in [2.24, 2.45) is 16.8 Å². The monoisotopic (exact) mass is 421 g/mol. The van der Waals surface area contributed by atoms with Gasteiger partial charge < -0.3 is 10.6 Å². The van der Waals surface area contributed by atoms with E-state index in [-0.39, 0.29) is 24.0 Å². The highest BCUT2D eigenvalue weighted by Crippen LogP contribution is 2.06. The second kappa shape index (κ2) is 11.7. The summed E-state index contributed by atoms with van der Waals surface area (Å²) < 4.78 is 1.97. The summed E-state index contributed by atoms with van der Waals surface area (Å²) in [7, 11) is 1.82. The van der Waals surface area contributed by atoms with Crippen molar-refractivity contribution in [1.29, 1.82) is 0 Å². The van der Waals surface area contributed by atoms with Gasteiger partial charge in [0.05, 0.1) is 0 Å². The van der Waals surface area contributed by atoms with Crippen molar-refractivity contribution in [3.05, 3.63) is 18.5 Å². The molecule has 0 saturated heterocycles. The van der Waals surface area contributed by atoms with Crippen molar-refractivity contribution in [3.8, 4) is 0 Å². The summed E-state index contributed by atoms with van der Waals surface area (Å²) in [5, 5.41) is 11.1. The van der Waals surface area contributed by atoms with Crippen LogP contribution in [-0.4, -0.2) is 35.4 Å². The molecule has 0 spiro atoms. The van der Waals surface area contributed by atoms with Crippen LogP contribution in [0.4, 0.5) is 0 Å². The van der Waals surface area contributed by atoms with E-state index < -0.39 is 0 Å². The normalized spacial score (nSPS) is 14.4. The number of halogens is 1. The van der Waals surface area contributed by atoms with Crippen molar-refractivity contribution >= 4 is 29.9 Å². The molecule has 5 nitrogen and oxygen atoms in total. The summed E-state index contributed by atoms with van der Waals surface area (Å²) >= 11 is 0. The molecule has 0 aliphatic rings. The maximum absolute atomic E-state index is 4.30. The van der Waals surface area contributed by atoms with Gasteiger partial charge in [0.25, 0.3) is 0 Å². The number of hydrogen-bond acceptors (Lipinski definition) is 2. The Bertz CT molecular complexity index is 403. The lowest BCUT2D eigenvalue weighted by Crippen LogP contribution is -2.44. The minimum atomic E-state index is 0. The molecule has 0 fully saturated rings. The van der Waals surface area contributed by atoms with Crippen LogP contribution in [0.5, 0.6) is 0 Å². The summed E-state index contributed by atoms with van der Waals surface area (Å²) in [5.74, 6) is 2.13. The molecule has 0 aliphatic heterocycles. The van der Waals surface area contributed by atoms with Gasteiger partial charge in [-0.3, -0.25) is 9.67 Å². The molecule has 2 unspecified atom stereocenters. The van der Waals surface area contributed by atoms with Gasteiger partial charge in [0.15, 0.2) is 5.96 Å². The molecule has 0 aliphatic carbocycles. The van der Waals surface area contributed by atoms with Crippen molar-refractivity contribution < 1.29 is 0 Å². The van der Waals surface area contributed by atoms with Gasteiger partial charge in [0.1, 0.15) is 0 Å². The Kier molecular flexibility index (Phi) is 11.3. The number of aliphatic imine (C=N–C) groups is 1. The molecule has 0 aromatic carbocycles. The Labute approximate surface area is 152 Å². The molecule has 2 N–H and O–H groups in total. The lowest BCUT2D eigenvalue weighted by atomic mass is 10.0. The molecule has 6 heteroatoms. The fraction of sp³-hybridized carbons (Fsp3) is 0.750. The summed E-state index contributed by atoms with van der Waals surface area (Å²) in [6.45, 7) is 10.7. The highest BCUT2D eigenvalue weighted by atomic mass is 127. The Morgan fingerprint density at radius 2 is 1.95 bits per heavy atom. The van der Waals surface area contributed by atoms with Crippen LogP contribution in [0.2, 0.25) is 0 Å². The van der Waals surface area contributed by atoms with Gasteiger partial charge >= 0.3 is 0 Å². The smallest absolute Gasteiger partial charge is 0.191 e. The van der Waals surface area contributed by atoms with Crippen LogP contribution < -0.4 is 10.6 Å². The quantitative estimate of drug-likeness (QED) is 0.385. The Balaban J connectivity index is 0.00000441. The van der Waals surface area contributed by atoms with Gasteiger partial charge in [0, 0.05) is 38.6 Å². The van der Waals surface area contributed by atoms with Crippen molar-refractivity contribution in [3.63, 3.8) is 0 Å². The Morgan fingerprint density at radius 1 is 1.23 bits per heavy atom. The second-order valence-electron chi connectivity index (χ2n) is 6.30. The van der Waals surface area contributed by atoms with E-state index in [0.717, 1.165) is 25.0 Å². The van der Waals surface area contributed by atoms with Crippen LogP contribution in [0.25, 0.3) is 0 Å². The molecular formula is C16H32IN5. The van der Waals surface area contributed by atoms with Gasteiger partial charge in [-0.1, -0.05) is 20.8 Å². The molecule has 2 atom stereocenters. The third-order valence-corrected chi connectivity index (χ3v) is 3.46. The number of hydrogen-bond donors (Lipinski definition) is 2. The van der Waals surface area contributed by atoms with Crippen LogP contribution in [0.1, 0.15) is 40.5 Å². The maximum atomic E-state index is 4.30. The van der Waals surface area contributed by atoms with Crippen LogP contribution in [0, 0.1) is 11.8 Å². The average molecular weight is 421 g/mol. The van der Waals surface area contributed by atoms with Crippen LogP contribution in [-0.2, 0) is 6.54 Å². The minimum absolute atomic E-state index is 0. The topological polar surface area (TPSA) is 54.2 Å². The van der Waals surface area contributed by atoms with E-state index in [1.807, 2.05) is 30.2 Å². The van der Waals surface area contributed by atoms with Crippen LogP contribution in [0.15, 0.2) is 23.5 Å². The largest absolute Gasteiger partial charge is 0.356 e. The highest BCUT2D eigenvalue weighted by Gasteiger charge is 2.08. The first-order valence-corrected chi connectivity index (χ1v) is 7.95. The lowest BCUT2D eigenvalue weighted by Gasteiger charge is -2.20. The fourth-order valence-electron chi connectivity index (χ4n) is 2.15. The third-order valence-electron chi connectivity index (χ3n) is 3.46. The number of nitrogens with one attached hydrogen (secondary N) is 2. The van der Waals surface area contributed by atoms with Gasteiger partial charge in [-0.15, -0.1) is 24.0 Å². The first-order chi connectivity index (χ1) is 10.0. The van der Waals surface area contributed by atoms with Crippen molar-refractivity contribution in [2.45, 2.75) is 53.1 Å². The molecule has 0 radical (unpaired) electrons. The Morgan fingerprint density at radius 3 is 2.50 bits per heavy atom. The summed E-state index contributed by atoms with van der Waals surface area (Å²) in [4.78, 5) is 4.30.